The van der Waals surface area contributed by atoms with Crippen molar-refractivity contribution in [1.82, 2.24) is 4.98 Å². The van der Waals surface area contributed by atoms with Gasteiger partial charge in [-0.25, -0.2) is 0 Å². The summed E-state index contributed by atoms with van der Waals surface area (Å²) in [7, 11) is 0. The Morgan fingerprint density at radius 2 is 1.59 bits per heavy atom. The molecule has 0 aliphatic heterocycles. The van der Waals surface area contributed by atoms with E-state index < -0.39 is 0 Å². The van der Waals surface area contributed by atoms with Crippen LogP contribution in [-0.4, -0.2) is 4.98 Å². The van der Waals surface area contributed by atoms with Crippen LogP contribution in [0.4, 0.5) is 0 Å². The van der Waals surface area contributed by atoms with Crippen molar-refractivity contribution in [3.63, 3.8) is 0 Å². The molecular weight excluding hydrogens is 266 g/mol. The summed E-state index contributed by atoms with van der Waals surface area (Å²) >= 11 is 0. The van der Waals surface area contributed by atoms with E-state index in [1.165, 1.54) is 27.6 Å². The van der Waals surface area contributed by atoms with Gasteiger partial charge in [-0.15, -0.1) is 0 Å². The third-order valence-corrected chi connectivity index (χ3v) is 4.58. The summed E-state index contributed by atoms with van der Waals surface area (Å²) in [5.41, 5.74) is 5.35. The van der Waals surface area contributed by atoms with Gasteiger partial charge in [-0.05, 0) is 30.5 Å². The Bertz CT molecular complexity index is 721. The van der Waals surface area contributed by atoms with E-state index >= 15 is 0 Å². The highest BCUT2D eigenvalue weighted by Gasteiger charge is 2.29. The van der Waals surface area contributed by atoms with Crippen molar-refractivity contribution < 1.29 is 0 Å². The molecule has 22 heavy (non-hydrogen) atoms. The van der Waals surface area contributed by atoms with E-state index in [1.807, 2.05) is 13.8 Å². The first-order chi connectivity index (χ1) is 10.6. The van der Waals surface area contributed by atoms with Crippen molar-refractivity contribution in [1.29, 1.82) is 0 Å². The third-order valence-electron chi connectivity index (χ3n) is 4.58. The van der Waals surface area contributed by atoms with Gasteiger partial charge >= 0.3 is 0 Å². The van der Waals surface area contributed by atoms with Gasteiger partial charge in [0, 0.05) is 22.5 Å². The molecule has 0 spiro atoms. The average Bonchev–Trinajstić information content (AvgIpc) is 3.01. The fraction of sp³-hybridized carbons (Fsp3) is 0.333. The lowest BCUT2D eigenvalue weighted by atomic mass is 9.74. The first-order valence-corrected chi connectivity index (χ1v) is 8.29. The Kier molecular flexibility index (Phi) is 5.07. The molecule has 1 nitrogen and oxygen atoms in total. The SMILES string of the molecule is CC.CCC(C)(c1ccc(C)cc1)c1c[nH]c2ccccc12. The molecule has 0 bridgehead atoms. The molecule has 3 rings (SSSR count). The van der Waals surface area contributed by atoms with E-state index in [0.717, 1.165) is 6.42 Å². The summed E-state index contributed by atoms with van der Waals surface area (Å²) in [5.74, 6) is 0. The molecule has 1 N–H and O–H groups in total. The van der Waals surface area contributed by atoms with E-state index in [2.05, 4.69) is 80.5 Å². The van der Waals surface area contributed by atoms with Gasteiger partial charge < -0.3 is 4.98 Å². The summed E-state index contributed by atoms with van der Waals surface area (Å²) < 4.78 is 0. The van der Waals surface area contributed by atoms with E-state index in [-0.39, 0.29) is 5.41 Å². The zero-order valence-electron chi connectivity index (χ0n) is 14.4. The van der Waals surface area contributed by atoms with Crippen LogP contribution in [0, 0.1) is 6.92 Å². The average molecular weight is 293 g/mol. The molecule has 0 radical (unpaired) electrons. The topological polar surface area (TPSA) is 15.8 Å². The van der Waals surface area contributed by atoms with Crippen molar-refractivity contribution in [3.8, 4) is 0 Å². The van der Waals surface area contributed by atoms with Gasteiger partial charge in [-0.3, -0.25) is 0 Å². The molecule has 1 heteroatoms. The van der Waals surface area contributed by atoms with E-state index in [1.54, 1.807) is 0 Å². The Labute approximate surface area is 134 Å². The maximum absolute atomic E-state index is 3.41. The van der Waals surface area contributed by atoms with Crippen LogP contribution in [-0.2, 0) is 5.41 Å². The molecule has 1 atom stereocenters. The van der Waals surface area contributed by atoms with Crippen LogP contribution >= 0.6 is 0 Å². The predicted molar refractivity (Wildman–Crippen MR) is 97.6 cm³/mol. The van der Waals surface area contributed by atoms with Crippen LogP contribution in [0.3, 0.4) is 0 Å². The van der Waals surface area contributed by atoms with Gasteiger partial charge in [0.05, 0.1) is 0 Å². The molecule has 0 saturated heterocycles. The second kappa shape index (κ2) is 6.83. The molecule has 3 aromatic rings. The smallest absolute Gasteiger partial charge is 0.0457 e. The number of aryl methyl sites for hydroxylation is 1. The first-order valence-electron chi connectivity index (χ1n) is 8.29. The predicted octanol–water partition coefficient (Wildman–Crippen LogP) is 6.22. The Morgan fingerprint density at radius 3 is 2.23 bits per heavy atom. The lowest BCUT2D eigenvalue weighted by molar-refractivity contribution is 0.554. The monoisotopic (exact) mass is 293 g/mol. The van der Waals surface area contributed by atoms with Gasteiger partial charge in [0.1, 0.15) is 0 Å². The molecule has 2 aromatic carbocycles. The number of para-hydroxylation sites is 1. The lowest BCUT2D eigenvalue weighted by Crippen LogP contribution is -2.22. The number of hydrogen-bond donors (Lipinski definition) is 1. The summed E-state index contributed by atoms with van der Waals surface area (Å²) in [4.78, 5) is 3.41. The van der Waals surface area contributed by atoms with Gasteiger partial charge in [0.25, 0.3) is 0 Å². The molecule has 0 fully saturated rings. The highest BCUT2D eigenvalue weighted by molar-refractivity contribution is 5.84. The Hall–Kier alpha value is -2.02. The molecule has 0 saturated carbocycles. The van der Waals surface area contributed by atoms with Crippen molar-refractivity contribution in [2.75, 3.05) is 0 Å². The fourth-order valence-corrected chi connectivity index (χ4v) is 3.00. The summed E-state index contributed by atoms with van der Waals surface area (Å²) in [6.45, 7) is 10.7. The maximum Gasteiger partial charge on any atom is 0.0457 e. The molecule has 0 aliphatic rings. The van der Waals surface area contributed by atoms with E-state index in [0.29, 0.717) is 0 Å². The maximum atomic E-state index is 3.41. The molecule has 1 heterocycles. The zero-order valence-corrected chi connectivity index (χ0v) is 14.4. The van der Waals surface area contributed by atoms with E-state index in [9.17, 15) is 0 Å². The third kappa shape index (κ3) is 2.81. The summed E-state index contributed by atoms with van der Waals surface area (Å²) in [6, 6.07) is 17.5. The minimum absolute atomic E-state index is 0.0489. The minimum atomic E-state index is 0.0489. The molecule has 0 aliphatic carbocycles. The van der Waals surface area contributed by atoms with Crippen LogP contribution in [0.25, 0.3) is 10.9 Å². The number of benzene rings is 2. The molecular formula is C21H27N. The second-order valence-corrected chi connectivity index (χ2v) is 5.80. The van der Waals surface area contributed by atoms with Gasteiger partial charge in [0.2, 0.25) is 0 Å². The first kappa shape index (κ1) is 16.4. The quantitative estimate of drug-likeness (QED) is 0.590. The highest BCUT2D eigenvalue weighted by atomic mass is 14.7. The van der Waals surface area contributed by atoms with Crippen molar-refractivity contribution in [2.45, 2.75) is 46.5 Å². The number of nitrogens with one attached hydrogen (secondary N) is 1. The van der Waals surface area contributed by atoms with Crippen molar-refractivity contribution >= 4 is 10.9 Å². The van der Waals surface area contributed by atoms with E-state index in [4.69, 9.17) is 0 Å². The van der Waals surface area contributed by atoms with Crippen LogP contribution in [0.1, 0.15) is 50.8 Å². The van der Waals surface area contributed by atoms with Crippen LogP contribution in [0.15, 0.2) is 54.7 Å². The minimum Gasteiger partial charge on any atom is -0.361 e. The number of aromatic amines is 1. The summed E-state index contributed by atoms with van der Waals surface area (Å²) in [5, 5.41) is 1.33. The molecule has 1 unspecified atom stereocenters. The number of hydrogen-bond acceptors (Lipinski definition) is 0. The van der Waals surface area contributed by atoms with Gasteiger partial charge in [-0.2, -0.15) is 0 Å². The lowest BCUT2D eigenvalue weighted by Gasteiger charge is -2.29. The number of rotatable bonds is 3. The second-order valence-electron chi connectivity index (χ2n) is 5.80. The summed E-state index contributed by atoms with van der Waals surface area (Å²) in [6.07, 6.45) is 3.26. The van der Waals surface area contributed by atoms with Crippen LogP contribution < -0.4 is 0 Å². The Balaban J connectivity index is 0.000000847. The normalized spacial score (nSPS) is 13.3. The zero-order chi connectivity index (χ0) is 16.2. The van der Waals surface area contributed by atoms with Crippen LogP contribution in [0.2, 0.25) is 0 Å². The molecule has 0 amide bonds. The van der Waals surface area contributed by atoms with Crippen LogP contribution in [0.5, 0.6) is 0 Å². The number of fused-ring (bicyclic) bond motifs is 1. The van der Waals surface area contributed by atoms with Gasteiger partial charge in [0.15, 0.2) is 0 Å². The highest BCUT2D eigenvalue weighted by Crippen LogP contribution is 2.39. The molecule has 116 valence electrons. The van der Waals surface area contributed by atoms with Crippen molar-refractivity contribution in [3.05, 3.63) is 71.4 Å². The number of aromatic nitrogens is 1. The van der Waals surface area contributed by atoms with Crippen molar-refractivity contribution in [2.24, 2.45) is 0 Å². The molecule has 1 aromatic heterocycles. The Morgan fingerprint density at radius 1 is 0.955 bits per heavy atom. The standard InChI is InChI=1S/C19H21N.C2H6/c1-4-19(3,15-11-9-14(2)10-12-15)17-13-20-18-8-6-5-7-16(17)18;1-2/h5-13,20H,4H2,1-3H3;1-2H3. The largest absolute Gasteiger partial charge is 0.361 e. The number of H-pyrrole nitrogens is 1. The fourth-order valence-electron chi connectivity index (χ4n) is 3.00. The van der Waals surface area contributed by atoms with Gasteiger partial charge in [-0.1, -0.05) is 75.7 Å².